The van der Waals surface area contributed by atoms with Gasteiger partial charge in [-0.1, -0.05) is 12.6 Å². The second-order valence-electron chi connectivity index (χ2n) is 4.19. The molecule has 1 radical (unpaired) electrons. The van der Waals surface area contributed by atoms with Crippen LogP contribution < -0.4 is 0 Å². The van der Waals surface area contributed by atoms with Crippen molar-refractivity contribution in [1.29, 1.82) is 0 Å². The summed E-state index contributed by atoms with van der Waals surface area (Å²) >= 11 is 5.17. The maximum Gasteiger partial charge on any atom is 0.453 e. The predicted molar refractivity (Wildman–Crippen MR) is 58.3 cm³/mol. The van der Waals surface area contributed by atoms with Crippen LogP contribution in [0.1, 0.15) is 29.9 Å². The van der Waals surface area contributed by atoms with E-state index in [2.05, 4.69) is 15.1 Å². The second kappa shape index (κ2) is 3.78. The van der Waals surface area contributed by atoms with Crippen molar-refractivity contribution >= 4 is 18.4 Å². The average molecular weight is 273 g/mol. The molecule has 1 aliphatic rings. The van der Waals surface area contributed by atoms with E-state index in [4.69, 9.17) is 12.6 Å². The van der Waals surface area contributed by atoms with Gasteiger partial charge >= 0.3 is 6.18 Å². The molecule has 0 aliphatic heterocycles. The number of aromatic nitrogens is 4. The summed E-state index contributed by atoms with van der Waals surface area (Å²) < 4.78 is 38.6. The molecule has 3 rings (SSSR count). The van der Waals surface area contributed by atoms with E-state index in [1.54, 1.807) is 0 Å². The zero-order valence-electron chi connectivity index (χ0n) is 9.16. The Labute approximate surface area is 106 Å². The number of alkyl halides is 3. The van der Waals surface area contributed by atoms with Gasteiger partial charge in [-0.2, -0.15) is 22.7 Å². The highest BCUT2D eigenvalue weighted by Crippen LogP contribution is 2.29. The first-order valence-electron chi connectivity index (χ1n) is 5.49. The van der Waals surface area contributed by atoms with Crippen LogP contribution in [0.3, 0.4) is 0 Å². The average Bonchev–Trinajstić information content (AvgIpc) is 2.73. The maximum absolute atomic E-state index is 12.5. The van der Waals surface area contributed by atoms with Crippen LogP contribution >= 0.6 is 12.6 Å². The van der Waals surface area contributed by atoms with E-state index < -0.39 is 12.0 Å². The molecule has 1 aliphatic carbocycles. The van der Waals surface area contributed by atoms with Crippen molar-refractivity contribution in [2.75, 3.05) is 0 Å². The molecule has 2 aromatic rings. The highest BCUT2D eigenvalue weighted by molar-refractivity contribution is 7.80. The molecule has 2 aromatic heterocycles. The molecule has 18 heavy (non-hydrogen) atoms. The lowest BCUT2D eigenvalue weighted by Gasteiger charge is -2.15. The molecule has 0 spiro atoms. The molecule has 0 amide bonds. The smallest absolute Gasteiger partial charge is 0.216 e. The van der Waals surface area contributed by atoms with Gasteiger partial charge in [0.1, 0.15) is 5.03 Å². The summed E-state index contributed by atoms with van der Waals surface area (Å²) in [5, 5.41) is 3.71. The lowest BCUT2D eigenvalue weighted by molar-refractivity contribution is -0.144. The lowest BCUT2D eigenvalue weighted by Crippen LogP contribution is -2.11. The monoisotopic (exact) mass is 273 g/mol. The number of nitrogens with zero attached hydrogens (tertiary/aromatic N) is 4. The van der Waals surface area contributed by atoms with Crippen LogP contribution in [0, 0.1) is 0 Å². The van der Waals surface area contributed by atoms with Gasteiger partial charge < -0.3 is 0 Å². The highest BCUT2D eigenvalue weighted by Gasteiger charge is 2.37. The van der Waals surface area contributed by atoms with Gasteiger partial charge in [-0.3, -0.25) is 0 Å². The quantitative estimate of drug-likeness (QED) is 0.693. The van der Waals surface area contributed by atoms with E-state index in [0.29, 0.717) is 5.03 Å². The summed E-state index contributed by atoms with van der Waals surface area (Å²) in [4.78, 5) is 7.54. The van der Waals surface area contributed by atoms with Crippen molar-refractivity contribution in [2.45, 2.75) is 36.9 Å². The molecule has 0 N–H and O–H groups in total. The van der Waals surface area contributed by atoms with Gasteiger partial charge in [0, 0.05) is 5.56 Å². The van der Waals surface area contributed by atoms with Crippen molar-refractivity contribution < 1.29 is 13.2 Å². The Kier molecular flexibility index (Phi) is 2.44. The van der Waals surface area contributed by atoms with Crippen LogP contribution in [0.4, 0.5) is 13.2 Å². The number of fused-ring (bicyclic) bond motifs is 2. The Morgan fingerprint density at radius 1 is 1.11 bits per heavy atom. The zero-order valence-corrected chi connectivity index (χ0v) is 9.98. The highest BCUT2D eigenvalue weighted by atomic mass is 32.1. The predicted octanol–water partition coefficient (Wildman–Crippen LogP) is 2.58. The van der Waals surface area contributed by atoms with E-state index in [1.165, 1.54) is 0 Å². The fourth-order valence-electron chi connectivity index (χ4n) is 2.12. The molecule has 0 saturated heterocycles. The molecule has 0 fully saturated rings. The molecular weight excluding hydrogens is 265 g/mol. The first kappa shape index (κ1) is 11.6. The molecular formula is C10H8F3N4S. The Morgan fingerprint density at radius 2 is 1.83 bits per heavy atom. The van der Waals surface area contributed by atoms with E-state index >= 15 is 0 Å². The summed E-state index contributed by atoms with van der Waals surface area (Å²) in [6.07, 6.45) is -1.13. The Bertz CT molecular complexity index is 620. The van der Waals surface area contributed by atoms with Crippen molar-refractivity contribution in [1.82, 2.24) is 19.6 Å². The summed E-state index contributed by atoms with van der Waals surface area (Å²) in [5.41, 5.74) is 1.60. The van der Waals surface area contributed by atoms with Gasteiger partial charge in [-0.05, 0) is 25.7 Å². The van der Waals surface area contributed by atoms with Crippen LogP contribution in [0.5, 0.6) is 0 Å². The van der Waals surface area contributed by atoms with E-state index in [0.717, 1.165) is 41.5 Å². The largest absolute Gasteiger partial charge is 0.453 e. The molecule has 0 saturated carbocycles. The third-order valence-electron chi connectivity index (χ3n) is 2.97. The second-order valence-corrected chi connectivity index (χ2v) is 4.58. The van der Waals surface area contributed by atoms with Gasteiger partial charge in [-0.15, -0.1) is 5.10 Å². The van der Waals surface area contributed by atoms with E-state index in [1.807, 2.05) is 0 Å². The number of hydrogen-bond acceptors (Lipinski definition) is 3. The third-order valence-corrected chi connectivity index (χ3v) is 3.39. The number of hydrogen-bond donors (Lipinski definition) is 0. The topological polar surface area (TPSA) is 43.1 Å². The minimum atomic E-state index is -4.57. The molecule has 0 atom stereocenters. The zero-order chi connectivity index (χ0) is 12.9. The summed E-state index contributed by atoms with van der Waals surface area (Å²) in [6.45, 7) is 0. The molecule has 0 bridgehead atoms. The van der Waals surface area contributed by atoms with Gasteiger partial charge in [0.2, 0.25) is 0 Å². The normalized spacial score (nSPS) is 15.9. The number of rotatable bonds is 0. The SMILES string of the molecule is FC(F)(F)c1nc2nc3c(c([S])n2n1)CCCC3. The maximum atomic E-state index is 12.5. The Morgan fingerprint density at radius 3 is 2.56 bits per heavy atom. The molecule has 0 aromatic carbocycles. The fourth-order valence-corrected chi connectivity index (χ4v) is 2.47. The summed E-state index contributed by atoms with van der Waals surface area (Å²) in [7, 11) is 0. The molecule has 4 nitrogen and oxygen atoms in total. The van der Waals surface area contributed by atoms with Crippen LogP contribution in [-0.2, 0) is 19.0 Å². The van der Waals surface area contributed by atoms with Gasteiger partial charge in [0.15, 0.2) is 0 Å². The molecule has 8 heteroatoms. The first-order valence-corrected chi connectivity index (χ1v) is 5.90. The fraction of sp³-hybridized carbons (Fsp3) is 0.500. The standard InChI is InChI=1S/C10H8F3N4S/c11-10(12,13)8-15-9-14-6-4-2-1-3-5(6)7(18)17(9)16-8/h1-4H2. The van der Waals surface area contributed by atoms with Gasteiger partial charge in [0.05, 0.1) is 5.69 Å². The van der Waals surface area contributed by atoms with E-state index in [9.17, 15) is 13.2 Å². The van der Waals surface area contributed by atoms with Crippen LogP contribution in [0.25, 0.3) is 5.78 Å². The minimum absolute atomic E-state index is 0.0621. The molecule has 0 unspecified atom stereocenters. The van der Waals surface area contributed by atoms with E-state index in [-0.39, 0.29) is 5.78 Å². The Balaban J connectivity index is 2.25. The summed E-state index contributed by atoms with van der Waals surface area (Å²) in [5.74, 6) is -1.25. The first-order chi connectivity index (χ1) is 8.47. The van der Waals surface area contributed by atoms with Crippen LogP contribution in [-0.4, -0.2) is 19.6 Å². The van der Waals surface area contributed by atoms with Crippen molar-refractivity contribution in [2.24, 2.45) is 0 Å². The number of halogens is 3. The summed E-state index contributed by atoms with van der Waals surface area (Å²) in [6, 6.07) is 0. The molecule has 2 heterocycles. The van der Waals surface area contributed by atoms with Crippen molar-refractivity contribution in [3.63, 3.8) is 0 Å². The Hall–Kier alpha value is -1.44. The van der Waals surface area contributed by atoms with Crippen molar-refractivity contribution in [3.8, 4) is 0 Å². The van der Waals surface area contributed by atoms with Gasteiger partial charge in [0.25, 0.3) is 11.6 Å². The molecule has 95 valence electrons. The van der Waals surface area contributed by atoms with Crippen molar-refractivity contribution in [3.05, 3.63) is 17.1 Å². The minimum Gasteiger partial charge on any atom is -0.216 e. The lowest BCUT2D eigenvalue weighted by atomic mass is 9.97. The van der Waals surface area contributed by atoms with Gasteiger partial charge in [-0.25, -0.2) is 4.98 Å². The van der Waals surface area contributed by atoms with Crippen LogP contribution in [0.2, 0.25) is 0 Å². The third kappa shape index (κ3) is 1.71. The number of aryl methyl sites for hydroxylation is 1. The van der Waals surface area contributed by atoms with Crippen LogP contribution in [0.15, 0.2) is 5.03 Å².